The number of esters is 1. The van der Waals surface area contributed by atoms with Crippen LogP contribution in [0.1, 0.15) is 412 Å². The van der Waals surface area contributed by atoms with E-state index in [9.17, 15) is 19.8 Å². The second kappa shape index (κ2) is 69.8. The molecule has 3 N–H and O–H groups in total. The molecule has 0 spiro atoms. The van der Waals surface area contributed by atoms with Gasteiger partial charge in [-0.3, -0.25) is 9.59 Å². The van der Waals surface area contributed by atoms with Crippen LogP contribution >= 0.6 is 0 Å². The summed E-state index contributed by atoms with van der Waals surface area (Å²) in [4.78, 5) is 24.7. The van der Waals surface area contributed by atoms with E-state index < -0.39 is 12.1 Å². The van der Waals surface area contributed by atoms with Crippen LogP contribution in [-0.2, 0) is 14.3 Å². The van der Waals surface area contributed by atoms with Crippen LogP contribution in [0, 0.1) is 0 Å². The van der Waals surface area contributed by atoms with E-state index in [1.165, 1.54) is 340 Å². The second-order valence-electron chi connectivity index (χ2n) is 25.3. The highest BCUT2D eigenvalue weighted by Gasteiger charge is 2.18. The fourth-order valence-electron chi connectivity index (χ4n) is 11.6. The number of amides is 1. The van der Waals surface area contributed by atoms with Gasteiger partial charge in [0, 0.05) is 12.8 Å². The number of aliphatic hydroxyl groups is 2. The van der Waals surface area contributed by atoms with Gasteiger partial charge >= 0.3 is 5.97 Å². The molecule has 0 aliphatic heterocycles. The first kappa shape index (κ1) is 78.3. The second-order valence-corrected chi connectivity index (χ2v) is 25.3. The average Bonchev–Trinajstić information content (AvgIpc) is 3.46. The summed E-state index contributed by atoms with van der Waals surface area (Å²) in [6.07, 6.45) is 88.3. The van der Waals surface area contributed by atoms with Crippen molar-refractivity contribution in [2.45, 2.75) is 424 Å². The van der Waals surface area contributed by atoms with E-state index >= 15 is 0 Å². The molecule has 0 aliphatic rings. The van der Waals surface area contributed by atoms with Crippen LogP contribution in [0.25, 0.3) is 0 Å². The Bertz CT molecular complexity index is 1250. The Labute approximate surface area is 501 Å². The fraction of sp³-hybridized carbons (Fsp3) is 0.919. The summed E-state index contributed by atoms with van der Waals surface area (Å²) < 4.78 is 5.51. The molecule has 0 aromatic rings. The van der Waals surface area contributed by atoms with Gasteiger partial charge in [-0.05, 0) is 57.8 Å². The number of ether oxygens (including phenoxy) is 1. The van der Waals surface area contributed by atoms with Gasteiger partial charge in [-0.2, -0.15) is 0 Å². The topological polar surface area (TPSA) is 95.9 Å². The third kappa shape index (κ3) is 65.5. The molecule has 0 bridgehead atoms. The van der Waals surface area contributed by atoms with Gasteiger partial charge in [0.15, 0.2) is 0 Å². The van der Waals surface area contributed by atoms with Crippen LogP contribution in [0.2, 0.25) is 0 Å². The lowest BCUT2D eigenvalue weighted by atomic mass is 10.0. The number of carbonyl (C=O) groups is 2. The van der Waals surface area contributed by atoms with Crippen molar-refractivity contribution < 1.29 is 24.5 Å². The molecule has 2 unspecified atom stereocenters. The lowest BCUT2D eigenvalue weighted by Crippen LogP contribution is -2.45. The predicted molar refractivity (Wildman–Crippen MR) is 352 cm³/mol. The molecular weight excluding hydrogens is 983 g/mol. The van der Waals surface area contributed by atoms with Crippen molar-refractivity contribution in [2.75, 3.05) is 13.2 Å². The van der Waals surface area contributed by atoms with Gasteiger partial charge in [0.1, 0.15) is 0 Å². The number of allylic oxidation sites excluding steroid dienone is 3. The minimum absolute atomic E-state index is 0.0134. The SMILES string of the molecule is CCCCCCCCCCCCCCCCCCCCCCC/C=C/C(O)C(CO)NC(=O)CCCCCCCCC/C=C\CCCCCCCCCCCCOC(=O)CCCCCCCCCCCCCCCCCCCCC. The van der Waals surface area contributed by atoms with Gasteiger partial charge in [-0.15, -0.1) is 0 Å². The molecule has 0 radical (unpaired) electrons. The van der Waals surface area contributed by atoms with Crippen molar-refractivity contribution in [1.82, 2.24) is 5.32 Å². The highest BCUT2D eigenvalue weighted by atomic mass is 16.5. The number of unbranched alkanes of at least 4 members (excludes halogenated alkanes) is 56. The van der Waals surface area contributed by atoms with E-state index in [4.69, 9.17) is 4.74 Å². The molecule has 0 rings (SSSR count). The molecule has 0 saturated heterocycles. The molecule has 2 atom stereocenters. The first-order chi connectivity index (χ1) is 39.5. The maximum absolute atomic E-state index is 12.5. The minimum atomic E-state index is -0.851. The van der Waals surface area contributed by atoms with Crippen molar-refractivity contribution in [2.24, 2.45) is 0 Å². The van der Waals surface area contributed by atoms with Crippen molar-refractivity contribution in [3.63, 3.8) is 0 Å². The lowest BCUT2D eigenvalue weighted by Gasteiger charge is -2.20. The van der Waals surface area contributed by atoms with Gasteiger partial charge in [0.05, 0.1) is 25.4 Å². The highest BCUT2D eigenvalue weighted by molar-refractivity contribution is 5.76. The number of hydrogen-bond acceptors (Lipinski definition) is 5. The van der Waals surface area contributed by atoms with Crippen LogP contribution in [0.3, 0.4) is 0 Å². The van der Waals surface area contributed by atoms with Crippen molar-refractivity contribution in [3.8, 4) is 0 Å². The van der Waals surface area contributed by atoms with Crippen LogP contribution in [0.5, 0.6) is 0 Å². The molecule has 0 fully saturated rings. The zero-order chi connectivity index (χ0) is 57.8. The molecule has 0 heterocycles. The number of carbonyl (C=O) groups excluding carboxylic acids is 2. The van der Waals surface area contributed by atoms with E-state index in [1.807, 2.05) is 6.08 Å². The molecule has 0 aromatic carbocycles. The van der Waals surface area contributed by atoms with Gasteiger partial charge in [0.2, 0.25) is 5.91 Å². The van der Waals surface area contributed by atoms with Crippen molar-refractivity contribution in [1.29, 1.82) is 0 Å². The molecule has 1 amide bonds. The van der Waals surface area contributed by atoms with Crippen LogP contribution in [0.4, 0.5) is 0 Å². The Morgan fingerprint density at radius 1 is 0.338 bits per heavy atom. The molecule has 0 saturated carbocycles. The smallest absolute Gasteiger partial charge is 0.305 e. The molecule has 6 nitrogen and oxygen atoms in total. The highest BCUT2D eigenvalue weighted by Crippen LogP contribution is 2.19. The van der Waals surface area contributed by atoms with E-state index in [1.54, 1.807) is 6.08 Å². The Morgan fingerprint density at radius 2 is 0.588 bits per heavy atom. The quantitative estimate of drug-likeness (QED) is 0.0320. The summed E-state index contributed by atoms with van der Waals surface area (Å²) >= 11 is 0. The van der Waals surface area contributed by atoms with Gasteiger partial charge in [-0.25, -0.2) is 0 Å². The molecule has 0 aromatic heterocycles. The van der Waals surface area contributed by atoms with Crippen LogP contribution < -0.4 is 5.32 Å². The largest absolute Gasteiger partial charge is 0.466 e. The Kier molecular flexibility index (Phi) is 68.4. The number of aliphatic hydroxyl groups excluding tert-OH is 2. The fourth-order valence-corrected chi connectivity index (χ4v) is 11.6. The molecule has 0 aliphatic carbocycles. The first-order valence-electron chi connectivity index (χ1n) is 36.6. The van der Waals surface area contributed by atoms with Crippen molar-refractivity contribution >= 4 is 11.9 Å². The predicted octanol–water partition coefficient (Wildman–Crippen LogP) is 23.7. The average molecular weight is 1130 g/mol. The van der Waals surface area contributed by atoms with E-state index in [2.05, 4.69) is 31.3 Å². The summed E-state index contributed by atoms with van der Waals surface area (Å²) in [6, 6.07) is -0.635. The summed E-state index contributed by atoms with van der Waals surface area (Å²) in [5, 5.41) is 23.3. The molecule has 474 valence electrons. The number of rotatable bonds is 69. The summed E-state index contributed by atoms with van der Waals surface area (Å²) in [7, 11) is 0. The number of nitrogens with one attached hydrogen (secondary N) is 1. The van der Waals surface area contributed by atoms with Gasteiger partial charge in [0.25, 0.3) is 0 Å². The van der Waals surface area contributed by atoms with Gasteiger partial charge < -0.3 is 20.3 Å². The summed E-state index contributed by atoms with van der Waals surface area (Å²) in [6.45, 7) is 4.95. The lowest BCUT2D eigenvalue weighted by molar-refractivity contribution is -0.143. The van der Waals surface area contributed by atoms with Gasteiger partial charge in [-0.1, -0.05) is 366 Å². The Balaban J connectivity index is 3.42. The van der Waals surface area contributed by atoms with E-state index in [0.29, 0.717) is 19.4 Å². The van der Waals surface area contributed by atoms with Crippen molar-refractivity contribution in [3.05, 3.63) is 24.3 Å². The molecule has 80 heavy (non-hydrogen) atoms. The van der Waals surface area contributed by atoms with E-state index in [-0.39, 0.29) is 18.5 Å². The Morgan fingerprint density at radius 3 is 0.887 bits per heavy atom. The zero-order valence-corrected chi connectivity index (χ0v) is 54.3. The maximum atomic E-state index is 12.5. The normalized spacial score (nSPS) is 12.6. The third-order valence-corrected chi connectivity index (χ3v) is 17.2. The van der Waals surface area contributed by atoms with Crippen LogP contribution in [0.15, 0.2) is 24.3 Å². The Hall–Kier alpha value is -1.66. The standard InChI is InChI=1S/C74H143NO5/c1-3-5-7-9-11-13-15-17-19-21-23-24-25-27-31-34-38-42-46-50-54-58-62-66-72(77)71(70-76)75-73(78)67-63-59-55-51-47-43-39-35-32-28-26-29-33-37-41-45-49-53-57-61-65-69-80-74(79)68-64-60-56-52-48-44-40-36-30-22-20-18-16-14-12-10-8-6-4-2/h28,32,62,66,71-72,76-77H,3-27,29-31,33-61,63-65,67-70H2,1-2H3,(H,75,78)/b32-28-,66-62+. The third-order valence-electron chi connectivity index (χ3n) is 17.2. The van der Waals surface area contributed by atoms with Crippen LogP contribution in [-0.4, -0.2) is 47.4 Å². The summed E-state index contributed by atoms with van der Waals surface area (Å²) in [5.74, 6) is -0.0578. The monoisotopic (exact) mass is 1130 g/mol. The summed E-state index contributed by atoms with van der Waals surface area (Å²) in [5.41, 5.74) is 0. The number of hydrogen-bond donors (Lipinski definition) is 3. The van der Waals surface area contributed by atoms with E-state index in [0.717, 1.165) is 44.9 Å². The molecule has 6 heteroatoms. The maximum Gasteiger partial charge on any atom is 0.305 e. The molecular formula is C74H143NO5. The zero-order valence-electron chi connectivity index (χ0n) is 54.3. The minimum Gasteiger partial charge on any atom is -0.466 e. The first-order valence-corrected chi connectivity index (χ1v) is 36.6.